The van der Waals surface area contributed by atoms with Crippen LogP contribution in [0, 0.1) is 18.8 Å². The highest BCUT2D eigenvalue weighted by atomic mass is 35.5. The van der Waals surface area contributed by atoms with Crippen LogP contribution in [0.5, 0.6) is 0 Å². The molecule has 1 aliphatic heterocycles. The molecule has 5 heteroatoms. The summed E-state index contributed by atoms with van der Waals surface area (Å²) in [5.74, 6) is 1.54. The lowest BCUT2D eigenvalue weighted by Crippen LogP contribution is -2.58. The molecule has 118 valence electrons. The highest BCUT2D eigenvalue weighted by Crippen LogP contribution is 2.35. The van der Waals surface area contributed by atoms with Gasteiger partial charge in [0, 0.05) is 38.8 Å². The van der Waals surface area contributed by atoms with E-state index in [2.05, 4.69) is 29.2 Å². The Kier molecular flexibility index (Phi) is 4.30. The first-order chi connectivity index (χ1) is 9.97. The first kappa shape index (κ1) is 15.3. The molecule has 1 aromatic heterocycles. The number of aromatic nitrogens is 2. The second-order valence-electron chi connectivity index (χ2n) is 7.06. The lowest BCUT2D eigenvalue weighted by atomic mass is 9.96. The van der Waals surface area contributed by atoms with Crippen LogP contribution in [0.1, 0.15) is 38.1 Å². The summed E-state index contributed by atoms with van der Waals surface area (Å²) in [6.07, 6.45) is 2.78. The third-order valence-corrected chi connectivity index (χ3v) is 5.56. The van der Waals surface area contributed by atoms with E-state index in [1.165, 1.54) is 12.8 Å². The van der Waals surface area contributed by atoms with Crippen LogP contribution in [0.3, 0.4) is 0 Å². The molecule has 1 aliphatic carbocycles. The molecule has 0 spiro atoms. The zero-order chi connectivity index (χ0) is 15.1. The van der Waals surface area contributed by atoms with Gasteiger partial charge in [-0.3, -0.25) is 9.58 Å². The predicted molar refractivity (Wildman–Crippen MR) is 86.5 cm³/mol. The molecular weight excluding hydrogens is 284 g/mol. The van der Waals surface area contributed by atoms with E-state index in [4.69, 9.17) is 11.6 Å². The molecule has 0 bridgehead atoms. The molecule has 2 unspecified atom stereocenters. The van der Waals surface area contributed by atoms with Crippen LogP contribution < -0.4 is 5.32 Å². The van der Waals surface area contributed by atoms with Crippen molar-refractivity contribution in [3.63, 3.8) is 0 Å². The molecular formula is C16H27ClN4. The van der Waals surface area contributed by atoms with Crippen LogP contribution in [-0.4, -0.2) is 39.9 Å². The van der Waals surface area contributed by atoms with Gasteiger partial charge in [-0.1, -0.05) is 25.4 Å². The quantitative estimate of drug-likeness (QED) is 0.928. The van der Waals surface area contributed by atoms with E-state index in [0.717, 1.165) is 42.0 Å². The molecule has 4 nitrogen and oxygen atoms in total. The Labute approximate surface area is 132 Å². The Morgan fingerprint density at radius 2 is 2.10 bits per heavy atom. The average molecular weight is 311 g/mol. The zero-order valence-corrected chi connectivity index (χ0v) is 14.3. The number of aryl methyl sites for hydroxylation is 2. The molecule has 1 aromatic rings. The molecule has 2 aliphatic rings. The van der Waals surface area contributed by atoms with Gasteiger partial charge in [0.25, 0.3) is 0 Å². The number of nitrogens with zero attached hydrogens (tertiary/aromatic N) is 3. The van der Waals surface area contributed by atoms with Crippen molar-refractivity contribution in [3.05, 3.63) is 16.4 Å². The van der Waals surface area contributed by atoms with E-state index >= 15 is 0 Å². The fourth-order valence-electron chi connectivity index (χ4n) is 3.55. The maximum absolute atomic E-state index is 6.45. The minimum Gasteiger partial charge on any atom is -0.311 e. The fourth-order valence-corrected chi connectivity index (χ4v) is 3.77. The first-order valence-corrected chi connectivity index (χ1v) is 8.50. The summed E-state index contributed by atoms with van der Waals surface area (Å²) >= 11 is 6.45. The van der Waals surface area contributed by atoms with Gasteiger partial charge < -0.3 is 5.32 Å². The Hall–Kier alpha value is -0.580. The van der Waals surface area contributed by atoms with E-state index in [1.807, 2.05) is 18.7 Å². The SMILES string of the molecule is Cc1nn(C)c(CN2CC(C3CC3)NCC2C(C)C)c1Cl. The Morgan fingerprint density at radius 3 is 2.62 bits per heavy atom. The second-order valence-corrected chi connectivity index (χ2v) is 7.44. The van der Waals surface area contributed by atoms with E-state index < -0.39 is 0 Å². The van der Waals surface area contributed by atoms with E-state index in [0.29, 0.717) is 18.0 Å². The van der Waals surface area contributed by atoms with E-state index in [1.54, 1.807) is 0 Å². The van der Waals surface area contributed by atoms with Crippen LogP contribution in [0.15, 0.2) is 0 Å². The molecule has 21 heavy (non-hydrogen) atoms. The molecule has 3 rings (SSSR count). The number of hydrogen-bond acceptors (Lipinski definition) is 3. The van der Waals surface area contributed by atoms with Crippen molar-refractivity contribution in [2.75, 3.05) is 13.1 Å². The van der Waals surface area contributed by atoms with Crippen LogP contribution in [0.2, 0.25) is 5.02 Å². The highest BCUT2D eigenvalue weighted by Gasteiger charge is 2.38. The lowest BCUT2D eigenvalue weighted by molar-refractivity contribution is 0.0829. The molecule has 2 fully saturated rings. The summed E-state index contributed by atoms with van der Waals surface area (Å²) in [5.41, 5.74) is 2.08. The number of hydrogen-bond donors (Lipinski definition) is 1. The predicted octanol–water partition coefficient (Wildman–Crippen LogP) is 2.59. The van der Waals surface area contributed by atoms with Gasteiger partial charge in [-0.2, -0.15) is 5.10 Å². The number of piperazine rings is 1. The molecule has 1 saturated carbocycles. The van der Waals surface area contributed by atoms with E-state index in [-0.39, 0.29) is 0 Å². The lowest BCUT2D eigenvalue weighted by Gasteiger charge is -2.42. The fraction of sp³-hybridized carbons (Fsp3) is 0.812. The highest BCUT2D eigenvalue weighted by molar-refractivity contribution is 6.31. The van der Waals surface area contributed by atoms with Gasteiger partial charge in [-0.15, -0.1) is 0 Å². The van der Waals surface area contributed by atoms with Gasteiger partial charge in [-0.05, 0) is 31.6 Å². The van der Waals surface area contributed by atoms with Crippen molar-refractivity contribution in [2.24, 2.45) is 18.9 Å². The molecule has 0 radical (unpaired) electrons. The van der Waals surface area contributed by atoms with Crippen molar-refractivity contribution in [1.29, 1.82) is 0 Å². The summed E-state index contributed by atoms with van der Waals surface area (Å²) in [4.78, 5) is 2.62. The summed E-state index contributed by atoms with van der Waals surface area (Å²) in [7, 11) is 2.00. The van der Waals surface area contributed by atoms with Crippen molar-refractivity contribution in [2.45, 2.75) is 52.2 Å². The summed E-state index contributed by atoms with van der Waals surface area (Å²) < 4.78 is 1.95. The number of nitrogens with one attached hydrogen (secondary N) is 1. The third-order valence-electron chi connectivity index (χ3n) is 5.06. The van der Waals surface area contributed by atoms with Crippen LogP contribution in [-0.2, 0) is 13.6 Å². The van der Waals surface area contributed by atoms with Gasteiger partial charge in [0.15, 0.2) is 0 Å². The average Bonchev–Trinajstić information content (AvgIpc) is 3.24. The minimum absolute atomic E-state index is 0.575. The largest absolute Gasteiger partial charge is 0.311 e. The summed E-state index contributed by atoms with van der Waals surface area (Å²) in [5, 5.41) is 9.06. The second kappa shape index (κ2) is 5.90. The van der Waals surface area contributed by atoms with Gasteiger partial charge >= 0.3 is 0 Å². The van der Waals surface area contributed by atoms with Crippen LogP contribution >= 0.6 is 11.6 Å². The van der Waals surface area contributed by atoms with Gasteiger partial charge in [0.05, 0.1) is 16.4 Å². The van der Waals surface area contributed by atoms with Crippen molar-refractivity contribution >= 4 is 11.6 Å². The van der Waals surface area contributed by atoms with Gasteiger partial charge in [0.1, 0.15) is 0 Å². The molecule has 1 N–H and O–H groups in total. The smallest absolute Gasteiger partial charge is 0.0860 e. The Balaban J connectivity index is 1.78. The van der Waals surface area contributed by atoms with E-state index in [9.17, 15) is 0 Å². The minimum atomic E-state index is 0.575. The van der Waals surface area contributed by atoms with Crippen LogP contribution in [0.25, 0.3) is 0 Å². The molecule has 0 aromatic carbocycles. The summed E-state index contributed by atoms with van der Waals surface area (Å²) in [6.45, 7) is 9.74. The normalized spacial score (nSPS) is 27.5. The number of rotatable bonds is 4. The molecule has 2 atom stereocenters. The summed E-state index contributed by atoms with van der Waals surface area (Å²) in [6, 6.07) is 1.24. The van der Waals surface area contributed by atoms with Gasteiger partial charge in [-0.25, -0.2) is 0 Å². The molecule has 1 saturated heterocycles. The Morgan fingerprint density at radius 1 is 1.38 bits per heavy atom. The zero-order valence-electron chi connectivity index (χ0n) is 13.6. The third kappa shape index (κ3) is 3.13. The maximum atomic E-state index is 6.45. The monoisotopic (exact) mass is 310 g/mol. The standard InChI is InChI=1S/C16H27ClN4/c1-10(2)14-7-18-13(12-5-6-12)8-21(14)9-15-16(17)11(3)19-20(15)4/h10,12-14,18H,5-9H2,1-4H3. The first-order valence-electron chi connectivity index (χ1n) is 8.12. The maximum Gasteiger partial charge on any atom is 0.0860 e. The molecule has 0 amide bonds. The van der Waals surface area contributed by atoms with Crippen molar-refractivity contribution < 1.29 is 0 Å². The van der Waals surface area contributed by atoms with Crippen molar-refractivity contribution in [1.82, 2.24) is 20.0 Å². The van der Waals surface area contributed by atoms with Crippen molar-refractivity contribution in [3.8, 4) is 0 Å². The van der Waals surface area contributed by atoms with Crippen LogP contribution in [0.4, 0.5) is 0 Å². The molecule has 2 heterocycles. The van der Waals surface area contributed by atoms with Gasteiger partial charge in [0.2, 0.25) is 0 Å². The Bertz CT molecular complexity index is 507. The number of halogens is 1. The topological polar surface area (TPSA) is 33.1 Å².